The van der Waals surface area contributed by atoms with Crippen LogP contribution in [0.2, 0.25) is 0 Å². The monoisotopic (exact) mass is 221 g/mol. The molecule has 0 saturated heterocycles. The highest BCUT2D eigenvalue weighted by Crippen LogP contribution is 2.38. The van der Waals surface area contributed by atoms with Crippen LogP contribution in [0.5, 0.6) is 0 Å². The summed E-state index contributed by atoms with van der Waals surface area (Å²) in [5, 5.41) is 3.14. The quantitative estimate of drug-likeness (QED) is 0.704. The summed E-state index contributed by atoms with van der Waals surface area (Å²) in [6.45, 7) is 11.3. The number of rotatable bonds is 4. The van der Waals surface area contributed by atoms with Crippen LogP contribution in [0.4, 0.5) is 0 Å². The van der Waals surface area contributed by atoms with Gasteiger partial charge in [0.2, 0.25) is 0 Å². The summed E-state index contributed by atoms with van der Waals surface area (Å²) in [7, 11) is 1.97. The molecule has 92 valence electrons. The molecule has 3 unspecified atom stereocenters. The number of hydrogen-bond donors (Lipinski definition) is 1. The van der Waals surface area contributed by atoms with Crippen molar-refractivity contribution in [1.29, 1.82) is 0 Å². The fourth-order valence-electron chi connectivity index (χ4n) is 2.72. The molecule has 1 fully saturated rings. The minimum Gasteiger partial charge on any atom is -0.394 e. The Bertz CT molecular complexity index is 265. The van der Waals surface area contributed by atoms with Gasteiger partial charge in [0.25, 0.3) is 0 Å². The Morgan fingerprint density at radius 3 is 2.50 bits per heavy atom. The third-order valence-electron chi connectivity index (χ3n) is 4.20. The van der Waals surface area contributed by atoms with Gasteiger partial charge in [0.1, 0.15) is 0 Å². The van der Waals surface area contributed by atoms with Gasteiger partial charge in [0.05, 0.1) is 0 Å². The average Bonchev–Trinajstić information content (AvgIpc) is 2.28. The lowest BCUT2D eigenvalue weighted by Crippen LogP contribution is -2.22. The Morgan fingerprint density at radius 2 is 2.00 bits per heavy atom. The van der Waals surface area contributed by atoms with E-state index in [0.29, 0.717) is 5.92 Å². The van der Waals surface area contributed by atoms with Crippen molar-refractivity contribution in [3.8, 4) is 0 Å². The smallest absolute Gasteiger partial charge is 0.00278 e. The molecule has 3 atom stereocenters. The third kappa shape index (κ3) is 3.13. The first kappa shape index (κ1) is 13.3. The van der Waals surface area contributed by atoms with Crippen LogP contribution in [0.1, 0.15) is 46.5 Å². The molecule has 0 radical (unpaired) electrons. The molecule has 0 aromatic carbocycles. The highest BCUT2D eigenvalue weighted by atomic mass is 14.8. The maximum atomic E-state index is 4.32. The Kier molecular flexibility index (Phi) is 5.11. The second-order valence-corrected chi connectivity index (χ2v) is 5.30. The van der Waals surface area contributed by atoms with E-state index >= 15 is 0 Å². The number of hydrogen-bond acceptors (Lipinski definition) is 1. The SMILES string of the molecule is C=C(/C(=C\NC)CC)C1CCC(C)C(C)C1. The molecule has 1 nitrogen and oxygen atoms in total. The van der Waals surface area contributed by atoms with Crippen LogP contribution in [0.25, 0.3) is 0 Å². The molecule has 0 aliphatic heterocycles. The largest absolute Gasteiger partial charge is 0.394 e. The molecule has 0 amide bonds. The van der Waals surface area contributed by atoms with E-state index in [9.17, 15) is 0 Å². The van der Waals surface area contributed by atoms with Crippen molar-refractivity contribution < 1.29 is 0 Å². The fraction of sp³-hybridized carbons (Fsp3) is 0.733. The van der Waals surface area contributed by atoms with Gasteiger partial charge in [-0.3, -0.25) is 0 Å². The summed E-state index contributed by atoms with van der Waals surface area (Å²) < 4.78 is 0. The molecule has 1 heteroatoms. The molecular weight excluding hydrogens is 194 g/mol. The molecular formula is C15H27N. The molecule has 0 spiro atoms. The molecule has 1 aliphatic rings. The second-order valence-electron chi connectivity index (χ2n) is 5.30. The van der Waals surface area contributed by atoms with Crippen molar-refractivity contribution in [2.75, 3.05) is 7.05 Å². The van der Waals surface area contributed by atoms with E-state index in [2.05, 4.69) is 38.9 Å². The Morgan fingerprint density at radius 1 is 1.31 bits per heavy atom. The Hall–Kier alpha value is -0.720. The first-order valence-corrected chi connectivity index (χ1v) is 6.65. The molecule has 1 saturated carbocycles. The van der Waals surface area contributed by atoms with Crippen molar-refractivity contribution >= 4 is 0 Å². The first-order valence-electron chi connectivity index (χ1n) is 6.65. The predicted molar refractivity (Wildman–Crippen MR) is 72.2 cm³/mol. The standard InChI is InChI=1S/C15H27N/c1-6-14(10-16-5)13(4)15-8-7-11(2)12(3)9-15/h10-12,15-16H,4,6-9H2,1-3,5H3/b14-10-. The van der Waals surface area contributed by atoms with E-state index in [-0.39, 0.29) is 0 Å². The molecule has 0 aromatic rings. The van der Waals surface area contributed by atoms with Crippen molar-refractivity contribution in [2.24, 2.45) is 17.8 Å². The molecule has 16 heavy (non-hydrogen) atoms. The van der Waals surface area contributed by atoms with Gasteiger partial charge in [-0.2, -0.15) is 0 Å². The van der Waals surface area contributed by atoms with Crippen LogP contribution >= 0.6 is 0 Å². The van der Waals surface area contributed by atoms with Crippen molar-refractivity contribution in [3.05, 3.63) is 23.9 Å². The second kappa shape index (κ2) is 6.12. The lowest BCUT2D eigenvalue weighted by molar-refractivity contribution is 0.231. The van der Waals surface area contributed by atoms with E-state index in [1.54, 1.807) is 0 Å². The van der Waals surface area contributed by atoms with E-state index in [1.807, 2.05) is 7.05 Å². The fourth-order valence-corrected chi connectivity index (χ4v) is 2.72. The lowest BCUT2D eigenvalue weighted by Gasteiger charge is -2.33. The van der Waals surface area contributed by atoms with Crippen LogP contribution in [-0.2, 0) is 0 Å². The summed E-state index contributed by atoms with van der Waals surface area (Å²) in [6, 6.07) is 0. The average molecular weight is 221 g/mol. The lowest BCUT2D eigenvalue weighted by atomic mass is 9.72. The summed E-state index contributed by atoms with van der Waals surface area (Å²) in [4.78, 5) is 0. The van der Waals surface area contributed by atoms with Gasteiger partial charge < -0.3 is 5.32 Å². The Balaban J connectivity index is 2.64. The van der Waals surface area contributed by atoms with Gasteiger partial charge in [-0.05, 0) is 60.8 Å². The normalized spacial score (nSPS) is 31.2. The van der Waals surface area contributed by atoms with E-state index < -0.39 is 0 Å². The molecule has 0 bridgehead atoms. The van der Waals surface area contributed by atoms with Crippen molar-refractivity contribution in [2.45, 2.75) is 46.5 Å². The van der Waals surface area contributed by atoms with Gasteiger partial charge in [-0.15, -0.1) is 0 Å². The van der Waals surface area contributed by atoms with Crippen LogP contribution < -0.4 is 5.32 Å². The molecule has 0 aromatic heterocycles. The van der Waals surface area contributed by atoms with Crippen molar-refractivity contribution in [1.82, 2.24) is 5.32 Å². The van der Waals surface area contributed by atoms with Gasteiger partial charge in [0, 0.05) is 7.05 Å². The van der Waals surface area contributed by atoms with Gasteiger partial charge >= 0.3 is 0 Å². The number of allylic oxidation sites excluding steroid dienone is 2. The van der Waals surface area contributed by atoms with Crippen LogP contribution in [0, 0.1) is 17.8 Å². The molecule has 1 N–H and O–H groups in total. The summed E-state index contributed by atoms with van der Waals surface area (Å²) in [6.07, 6.45) is 7.21. The van der Waals surface area contributed by atoms with Crippen LogP contribution in [0.15, 0.2) is 23.9 Å². The third-order valence-corrected chi connectivity index (χ3v) is 4.20. The van der Waals surface area contributed by atoms with E-state index in [1.165, 1.54) is 30.4 Å². The van der Waals surface area contributed by atoms with Gasteiger partial charge in [-0.1, -0.05) is 27.4 Å². The zero-order valence-electron chi connectivity index (χ0n) is 11.3. The summed E-state index contributed by atoms with van der Waals surface area (Å²) >= 11 is 0. The minimum atomic E-state index is 0.714. The van der Waals surface area contributed by atoms with Gasteiger partial charge in [0.15, 0.2) is 0 Å². The van der Waals surface area contributed by atoms with Gasteiger partial charge in [-0.25, -0.2) is 0 Å². The summed E-state index contributed by atoms with van der Waals surface area (Å²) in [5.41, 5.74) is 2.77. The molecule has 1 aliphatic carbocycles. The maximum Gasteiger partial charge on any atom is 0.00278 e. The Labute approximate surface area is 101 Å². The molecule has 0 heterocycles. The van der Waals surface area contributed by atoms with Crippen LogP contribution in [0.3, 0.4) is 0 Å². The zero-order valence-corrected chi connectivity index (χ0v) is 11.3. The molecule has 1 rings (SSSR count). The maximum absolute atomic E-state index is 4.32. The van der Waals surface area contributed by atoms with Crippen LogP contribution in [-0.4, -0.2) is 7.05 Å². The topological polar surface area (TPSA) is 12.0 Å². The van der Waals surface area contributed by atoms with Crippen molar-refractivity contribution in [3.63, 3.8) is 0 Å². The predicted octanol–water partition coefficient (Wildman–Crippen LogP) is 4.13. The zero-order chi connectivity index (χ0) is 12.1. The highest BCUT2D eigenvalue weighted by molar-refractivity contribution is 5.30. The number of nitrogens with one attached hydrogen (secondary N) is 1. The minimum absolute atomic E-state index is 0.714. The highest BCUT2D eigenvalue weighted by Gasteiger charge is 2.26. The summed E-state index contributed by atoms with van der Waals surface area (Å²) in [5.74, 6) is 2.45. The first-order chi connectivity index (χ1) is 7.60. The van der Waals surface area contributed by atoms with E-state index in [0.717, 1.165) is 18.3 Å². The van der Waals surface area contributed by atoms with E-state index in [4.69, 9.17) is 0 Å².